The van der Waals surface area contributed by atoms with Crippen LogP contribution in [-0.4, -0.2) is 35.1 Å². The van der Waals surface area contributed by atoms with Gasteiger partial charge in [0.15, 0.2) is 0 Å². The fourth-order valence-electron chi connectivity index (χ4n) is 3.11. The van der Waals surface area contributed by atoms with E-state index >= 15 is 0 Å². The minimum atomic E-state index is -5.13. The molecular weight excluding hydrogens is 434 g/mol. The molecule has 30 heavy (non-hydrogen) atoms. The number of carbonyl (C=O) groups excluding carboxylic acids is 2. The van der Waals surface area contributed by atoms with E-state index in [0.717, 1.165) is 32.1 Å². The third kappa shape index (κ3) is 16.2. The zero-order valence-electron chi connectivity index (χ0n) is 18.5. The molecule has 0 amide bonds. The Morgan fingerprint density at radius 2 is 1.20 bits per heavy atom. The van der Waals surface area contributed by atoms with E-state index in [9.17, 15) is 32.8 Å². The van der Waals surface area contributed by atoms with Crippen molar-refractivity contribution in [3.05, 3.63) is 12.7 Å². The van der Waals surface area contributed by atoms with Crippen LogP contribution in [0.2, 0.25) is 0 Å². The summed E-state index contributed by atoms with van der Waals surface area (Å²) in [5, 5.41) is 21.9. The van der Waals surface area contributed by atoms with Crippen molar-refractivity contribution >= 4 is 22.1 Å². The number of rotatable bonds is 18. The average Bonchev–Trinajstić information content (AvgIpc) is 2.56. The normalized spacial score (nSPS) is 12.4. The molecule has 0 aromatic rings. The Labute approximate surface area is 224 Å². The van der Waals surface area contributed by atoms with Gasteiger partial charge in [0.25, 0.3) is 10.1 Å². The molecule has 0 aliphatic carbocycles. The predicted molar refractivity (Wildman–Crippen MR) is 103 cm³/mol. The number of unbranched alkanes of at least 4 members (excludes halogenated alkanes) is 11. The molecule has 0 spiro atoms. The fraction of sp³-hybridized carbons (Fsp3) is 0.789. The molecule has 0 saturated heterocycles. The minimum Gasteiger partial charge on any atom is -0.550 e. The van der Waals surface area contributed by atoms with Crippen LogP contribution in [0.3, 0.4) is 0 Å². The van der Waals surface area contributed by atoms with Crippen molar-refractivity contribution in [1.29, 1.82) is 0 Å². The largest absolute Gasteiger partial charge is 1.00 e. The number of hydrogen-bond acceptors (Lipinski definition) is 6. The molecular formula is C19H34Na2O8S. The molecule has 0 aliphatic rings. The summed E-state index contributed by atoms with van der Waals surface area (Å²) in [7, 11) is -5.13. The Morgan fingerprint density at radius 3 is 1.50 bits per heavy atom. The van der Waals surface area contributed by atoms with E-state index in [-0.39, 0.29) is 71.0 Å². The van der Waals surface area contributed by atoms with Crippen molar-refractivity contribution in [3.63, 3.8) is 0 Å². The Kier molecular flexibility index (Phi) is 27.0. The molecule has 3 N–H and O–H groups in total. The van der Waals surface area contributed by atoms with Gasteiger partial charge in [0.1, 0.15) is 4.75 Å². The van der Waals surface area contributed by atoms with Gasteiger partial charge in [0.2, 0.25) is 0 Å². The maximum absolute atomic E-state index is 11.4. The predicted octanol–water partition coefficient (Wildman–Crippen LogP) is -5.06. The second-order valence-corrected chi connectivity index (χ2v) is 8.75. The van der Waals surface area contributed by atoms with Crippen LogP contribution in [0, 0.1) is 0 Å². The molecule has 0 radical (unpaired) electrons. The number of carboxylic acid groups (broad SMARTS) is 2. The van der Waals surface area contributed by atoms with Gasteiger partial charge in [-0.2, -0.15) is 8.42 Å². The van der Waals surface area contributed by atoms with Gasteiger partial charge in [0.05, 0.1) is 5.97 Å². The van der Waals surface area contributed by atoms with Crippen molar-refractivity contribution in [2.24, 2.45) is 0 Å². The van der Waals surface area contributed by atoms with Gasteiger partial charge in [-0.1, -0.05) is 70.3 Å². The summed E-state index contributed by atoms with van der Waals surface area (Å²) in [5.41, 5.74) is 0. The average molecular weight is 469 g/mol. The van der Waals surface area contributed by atoms with Gasteiger partial charge < -0.3 is 25.3 Å². The van der Waals surface area contributed by atoms with Crippen molar-refractivity contribution in [3.8, 4) is 0 Å². The van der Waals surface area contributed by atoms with Crippen LogP contribution in [0.1, 0.15) is 89.9 Å². The van der Waals surface area contributed by atoms with Gasteiger partial charge in [-0.05, 0) is 19.3 Å². The van der Waals surface area contributed by atoms with Crippen LogP contribution in [0.15, 0.2) is 12.7 Å². The summed E-state index contributed by atoms with van der Waals surface area (Å²) in [4.78, 5) is 21.9. The van der Waals surface area contributed by atoms with E-state index in [1.54, 1.807) is 0 Å². The second kappa shape index (κ2) is 21.4. The number of aliphatic carboxylic acids is 2. The van der Waals surface area contributed by atoms with Crippen LogP contribution in [0.5, 0.6) is 0 Å². The van der Waals surface area contributed by atoms with Crippen LogP contribution in [0.25, 0.3) is 0 Å². The Hall–Kier alpha value is 0.550. The van der Waals surface area contributed by atoms with Gasteiger partial charge in [-0.3, -0.25) is 4.55 Å². The van der Waals surface area contributed by atoms with E-state index < -0.39 is 39.6 Å². The number of allylic oxidation sites excluding steroid dienone is 1. The molecule has 1 unspecified atom stereocenters. The van der Waals surface area contributed by atoms with Crippen molar-refractivity contribution in [2.75, 3.05) is 0 Å². The number of hydrogen-bond donors (Lipinski definition) is 1. The molecule has 0 aromatic carbocycles. The molecule has 0 bridgehead atoms. The molecule has 0 aliphatic heterocycles. The van der Waals surface area contributed by atoms with E-state index in [0.29, 0.717) is 6.42 Å². The fourth-order valence-corrected chi connectivity index (χ4v) is 4.02. The summed E-state index contributed by atoms with van der Waals surface area (Å²) in [6.45, 7) is 3.69. The number of carbonyl (C=O) groups is 2. The zero-order chi connectivity index (χ0) is 20.8. The molecule has 0 fully saturated rings. The first-order valence-electron chi connectivity index (χ1n) is 9.66. The van der Waals surface area contributed by atoms with Gasteiger partial charge in [0, 0.05) is 12.4 Å². The minimum absolute atomic E-state index is 0. The summed E-state index contributed by atoms with van der Waals surface area (Å²) >= 11 is 0. The van der Waals surface area contributed by atoms with Crippen molar-refractivity contribution in [1.82, 2.24) is 0 Å². The quantitative estimate of drug-likeness (QED) is 0.0909. The molecule has 11 heteroatoms. The molecule has 0 aromatic heterocycles. The molecule has 1 atom stereocenters. The first-order valence-corrected chi connectivity index (χ1v) is 11.1. The first kappa shape index (κ1) is 37.8. The summed E-state index contributed by atoms with van der Waals surface area (Å²) < 4.78 is 29.2. The molecule has 8 nitrogen and oxygen atoms in total. The number of carboxylic acids is 2. The van der Waals surface area contributed by atoms with Gasteiger partial charge in [-0.25, -0.2) is 0 Å². The molecule has 166 valence electrons. The maximum Gasteiger partial charge on any atom is 1.00 e. The van der Waals surface area contributed by atoms with Crippen molar-refractivity contribution < 1.29 is 97.4 Å². The zero-order valence-corrected chi connectivity index (χ0v) is 23.3. The van der Waals surface area contributed by atoms with E-state index in [2.05, 4.69) is 6.58 Å². The van der Waals surface area contributed by atoms with Crippen LogP contribution < -0.4 is 69.3 Å². The molecule has 0 heterocycles. The van der Waals surface area contributed by atoms with E-state index in [4.69, 9.17) is 0 Å². The smallest absolute Gasteiger partial charge is 0.550 e. The standard InChI is InChI=1S/C19H34O7S.2Na.H2O/c1-2-3-4-5-6-7-8-9-10-11-12-13-14-15-19(18(22)23,16-17(20)21)27(24,25)26;;;/h2H,1,3-16H2,(H,20,21)(H,22,23)(H,24,25,26);;;1H2/q;2*+1;/p-2. The van der Waals surface area contributed by atoms with Crippen LogP contribution in [-0.2, 0) is 19.7 Å². The second-order valence-electron chi connectivity index (χ2n) is 7.02. The summed E-state index contributed by atoms with van der Waals surface area (Å²) in [6.07, 6.45) is 11.9. The summed E-state index contributed by atoms with van der Waals surface area (Å²) in [6, 6.07) is 0. The SMILES string of the molecule is C=CCCCCCCCCCCCCCC(CC(=O)[O-])(C(=O)[O-])S(=O)(=O)O.O.[Na+].[Na+]. The third-order valence-corrected chi connectivity index (χ3v) is 6.29. The van der Waals surface area contributed by atoms with E-state index in [1.165, 1.54) is 32.1 Å². The monoisotopic (exact) mass is 468 g/mol. The Morgan fingerprint density at radius 1 is 0.833 bits per heavy atom. The van der Waals surface area contributed by atoms with Crippen LogP contribution >= 0.6 is 0 Å². The Bertz CT molecular complexity index is 569. The summed E-state index contributed by atoms with van der Waals surface area (Å²) in [5.74, 6) is -3.97. The topological polar surface area (TPSA) is 166 Å². The Balaban J connectivity index is -0.00000113. The first-order chi connectivity index (χ1) is 12.7. The molecule has 0 rings (SSSR count). The third-order valence-electron chi connectivity index (χ3n) is 4.78. The van der Waals surface area contributed by atoms with Crippen LogP contribution in [0.4, 0.5) is 0 Å². The van der Waals surface area contributed by atoms with Gasteiger partial charge >= 0.3 is 59.1 Å². The van der Waals surface area contributed by atoms with E-state index in [1.807, 2.05) is 6.08 Å². The van der Waals surface area contributed by atoms with Gasteiger partial charge in [-0.15, -0.1) is 6.58 Å². The molecule has 0 saturated carbocycles. The van der Waals surface area contributed by atoms with Crippen molar-refractivity contribution in [2.45, 2.75) is 94.6 Å². The maximum atomic E-state index is 11.4.